The Kier molecular flexibility index (Phi) is 4.40. The smallest absolute Gasteiger partial charge is 0.177 e. The fourth-order valence-corrected chi connectivity index (χ4v) is 1.34. The zero-order chi connectivity index (χ0) is 11.3. The Labute approximate surface area is 90.2 Å². The largest absolute Gasteiger partial charge is 0.488 e. The molecule has 0 spiro atoms. The molecule has 0 bridgehead atoms. The van der Waals surface area contributed by atoms with Crippen LogP contribution >= 0.6 is 0 Å². The van der Waals surface area contributed by atoms with Crippen molar-refractivity contribution in [1.82, 2.24) is 0 Å². The molecule has 2 N–H and O–H groups in total. The monoisotopic (exact) mass is 211 g/mol. The third kappa shape index (κ3) is 3.78. The van der Waals surface area contributed by atoms with Crippen molar-refractivity contribution in [1.29, 1.82) is 0 Å². The van der Waals surface area contributed by atoms with Crippen LogP contribution in [0.1, 0.15) is 26.7 Å². The lowest BCUT2D eigenvalue weighted by Gasteiger charge is -2.10. The topological polar surface area (TPSA) is 35.2 Å². The van der Waals surface area contributed by atoms with E-state index in [0.717, 1.165) is 12.8 Å². The van der Waals surface area contributed by atoms with Gasteiger partial charge < -0.3 is 10.5 Å². The molecule has 15 heavy (non-hydrogen) atoms. The third-order valence-electron chi connectivity index (χ3n) is 2.17. The number of hydrogen-bond acceptors (Lipinski definition) is 2. The molecule has 0 atom stereocenters. The minimum atomic E-state index is -0.389. The van der Waals surface area contributed by atoms with Crippen LogP contribution in [0.4, 0.5) is 10.1 Å². The lowest BCUT2D eigenvalue weighted by molar-refractivity contribution is 0.286. The maximum Gasteiger partial charge on any atom is 0.177 e. The number of ether oxygens (including phenoxy) is 1. The van der Waals surface area contributed by atoms with Gasteiger partial charge in [0.05, 0.1) is 12.3 Å². The summed E-state index contributed by atoms with van der Waals surface area (Å²) >= 11 is 0. The fourth-order valence-electron chi connectivity index (χ4n) is 1.34. The van der Waals surface area contributed by atoms with Crippen LogP contribution in [0.5, 0.6) is 5.75 Å². The summed E-state index contributed by atoms with van der Waals surface area (Å²) in [6.45, 7) is 4.82. The summed E-state index contributed by atoms with van der Waals surface area (Å²) < 4.78 is 18.5. The van der Waals surface area contributed by atoms with Gasteiger partial charge in [0.15, 0.2) is 11.6 Å². The first kappa shape index (κ1) is 11.8. The van der Waals surface area contributed by atoms with Gasteiger partial charge in [-0.2, -0.15) is 0 Å². The van der Waals surface area contributed by atoms with E-state index < -0.39 is 0 Å². The molecular formula is C12H18FNO. The van der Waals surface area contributed by atoms with Crippen molar-refractivity contribution >= 4 is 5.69 Å². The fraction of sp³-hybridized carbons (Fsp3) is 0.500. The van der Waals surface area contributed by atoms with Crippen molar-refractivity contribution in [2.75, 3.05) is 12.3 Å². The van der Waals surface area contributed by atoms with Gasteiger partial charge in [-0.3, -0.25) is 0 Å². The van der Waals surface area contributed by atoms with Crippen molar-refractivity contribution < 1.29 is 9.13 Å². The lowest BCUT2D eigenvalue weighted by Crippen LogP contribution is -2.03. The second kappa shape index (κ2) is 5.59. The lowest BCUT2D eigenvalue weighted by atomic mass is 10.1. The number of para-hydroxylation sites is 1. The first-order valence-corrected chi connectivity index (χ1v) is 5.28. The normalized spacial score (nSPS) is 10.7. The number of anilines is 1. The molecule has 1 aromatic carbocycles. The second-order valence-corrected chi connectivity index (χ2v) is 4.04. The van der Waals surface area contributed by atoms with Gasteiger partial charge in [0, 0.05) is 0 Å². The van der Waals surface area contributed by atoms with E-state index in [2.05, 4.69) is 13.8 Å². The summed E-state index contributed by atoms with van der Waals surface area (Å²) in [5.41, 5.74) is 5.96. The Morgan fingerprint density at radius 2 is 2.13 bits per heavy atom. The highest BCUT2D eigenvalue weighted by atomic mass is 19.1. The van der Waals surface area contributed by atoms with E-state index in [4.69, 9.17) is 10.5 Å². The molecule has 0 radical (unpaired) electrons. The molecule has 0 heterocycles. The Balaban J connectivity index is 2.43. The van der Waals surface area contributed by atoms with Gasteiger partial charge in [0.1, 0.15) is 0 Å². The molecule has 1 rings (SSSR count). The zero-order valence-corrected chi connectivity index (χ0v) is 9.29. The predicted octanol–water partition coefficient (Wildman–Crippen LogP) is 3.22. The highest BCUT2D eigenvalue weighted by molar-refractivity contribution is 5.52. The van der Waals surface area contributed by atoms with Crippen molar-refractivity contribution in [3.8, 4) is 5.75 Å². The Hall–Kier alpha value is -1.25. The first-order chi connectivity index (χ1) is 7.11. The summed E-state index contributed by atoms with van der Waals surface area (Å²) in [4.78, 5) is 0. The number of hydrogen-bond donors (Lipinski definition) is 1. The Morgan fingerprint density at radius 3 is 2.73 bits per heavy atom. The molecule has 84 valence electrons. The number of nitrogens with two attached hydrogens (primary N) is 1. The molecule has 0 saturated carbocycles. The van der Waals surface area contributed by atoms with Gasteiger partial charge in [-0.1, -0.05) is 19.9 Å². The second-order valence-electron chi connectivity index (χ2n) is 4.04. The summed E-state index contributed by atoms with van der Waals surface area (Å²) in [5.74, 6) is 0.437. The molecule has 3 heteroatoms. The van der Waals surface area contributed by atoms with Crippen LogP contribution in [-0.4, -0.2) is 6.61 Å². The van der Waals surface area contributed by atoms with E-state index in [1.807, 2.05) is 0 Å². The van der Waals surface area contributed by atoms with Gasteiger partial charge in [0.25, 0.3) is 0 Å². The van der Waals surface area contributed by atoms with Crippen LogP contribution in [0.2, 0.25) is 0 Å². The molecule has 2 nitrogen and oxygen atoms in total. The quantitative estimate of drug-likeness (QED) is 0.599. The number of nitrogen functional groups attached to an aromatic ring is 1. The van der Waals surface area contributed by atoms with Crippen LogP contribution in [0.3, 0.4) is 0 Å². The minimum absolute atomic E-state index is 0.182. The maximum atomic E-state index is 13.2. The van der Waals surface area contributed by atoms with E-state index in [-0.39, 0.29) is 11.6 Å². The standard InChI is InChI=1S/C12H18FNO/c1-9(2)5-4-8-15-12-10(13)6-3-7-11(12)14/h3,6-7,9H,4-5,8,14H2,1-2H3. The summed E-state index contributed by atoms with van der Waals surface area (Å²) in [6.07, 6.45) is 2.00. The van der Waals surface area contributed by atoms with Crippen LogP contribution in [0, 0.1) is 11.7 Å². The van der Waals surface area contributed by atoms with E-state index >= 15 is 0 Å². The average molecular weight is 211 g/mol. The SMILES string of the molecule is CC(C)CCCOc1c(N)cccc1F. The minimum Gasteiger partial charge on any atom is -0.488 e. The highest BCUT2D eigenvalue weighted by Gasteiger charge is 2.06. The Morgan fingerprint density at radius 1 is 1.40 bits per heavy atom. The van der Waals surface area contributed by atoms with Gasteiger partial charge in [-0.05, 0) is 30.9 Å². The number of rotatable bonds is 5. The highest BCUT2D eigenvalue weighted by Crippen LogP contribution is 2.24. The molecule has 1 aromatic rings. The summed E-state index contributed by atoms with van der Waals surface area (Å²) in [5, 5.41) is 0. The molecule has 0 aliphatic rings. The predicted molar refractivity (Wildman–Crippen MR) is 60.4 cm³/mol. The van der Waals surface area contributed by atoms with Gasteiger partial charge in [-0.15, -0.1) is 0 Å². The van der Waals surface area contributed by atoms with Crippen molar-refractivity contribution in [3.05, 3.63) is 24.0 Å². The van der Waals surface area contributed by atoms with Crippen LogP contribution < -0.4 is 10.5 Å². The van der Waals surface area contributed by atoms with Gasteiger partial charge in [-0.25, -0.2) is 4.39 Å². The molecule has 0 aliphatic carbocycles. The molecule has 0 aliphatic heterocycles. The van der Waals surface area contributed by atoms with E-state index in [1.54, 1.807) is 12.1 Å². The molecular weight excluding hydrogens is 193 g/mol. The van der Waals surface area contributed by atoms with Crippen LogP contribution in [0.15, 0.2) is 18.2 Å². The molecule has 0 amide bonds. The molecule has 0 fully saturated rings. The molecule has 0 saturated heterocycles. The van der Waals surface area contributed by atoms with Crippen LogP contribution in [0.25, 0.3) is 0 Å². The first-order valence-electron chi connectivity index (χ1n) is 5.28. The van der Waals surface area contributed by atoms with Crippen molar-refractivity contribution in [2.45, 2.75) is 26.7 Å². The van der Waals surface area contributed by atoms with Crippen molar-refractivity contribution in [3.63, 3.8) is 0 Å². The molecule has 0 aromatic heterocycles. The third-order valence-corrected chi connectivity index (χ3v) is 2.17. The maximum absolute atomic E-state index is 13.2. The zero-order valence-electron chi connectivity index (χ0n) is 9.29. The Bertz CT molecular complexity index is 292. The van der Waals surface area contributed by atoms with Crippen LogP contribution in [-0.2, 0) is 0 Å². The van der Waals surface area contributed by atoms with Gasteiger partial charge in [0.2, 0.25) is 0 Å². The average Bonchev–Trinajstić information content (AvgIpc) is 2.15. The summed E-state index contributed by atoms with van der Waals surface area (Å²) in [6, 6.07) is 4.57. The van der Waals surface area contributed by atoms with E-state index in [9.17, 15) is 4.39 Å². The number of halogens is 1. The summed E-state index contributed by atoms with van der Waals surface area (Å²) in [7, 11) is 0. The van der Waals surface area contributed by atoms with Gasteiger partial charge >= 0.3 is 0 Å². The van der Waals surface area contributed by atoms with Crippen molar-refractivity contribution in [2.24, 2.45) is 5.92 Å². The van der Waals surface area contributed by atoms with E-state index in [1.165, 1.54) is 6.07 Å². The molecule has 0 unspecified atom stereocenters. The number of benzene rings is 1. The van der Waals surface area contributed by atoms with E-state index in [0.29, 0.717) is 18.2 Å².